The molecule has 1 N–H and O–H groups in total. The molecule has 2 rings (SSSR count). The van der Waals surface area contributed by atoms with E-state index in [4.69, 9.17) is 23.2 Å². The van der Waals surface area contributed by atoms with Gasteiger partial charge in [0.05, 0.1) is 10.7 Å². The van der Waals surface area contributed by atoms with Crippen LogP contribution in [0.3, 0.4) is 0 Å². The zero-order chi connectivity index (χ0) is 11.9. The van der Waals surface area contributed by atoms with E-state index in [0.29, 0.717) is 15.7 Å². The van der Waals surface area contributed by atoms with E-state index in [1.807, 2.05) is 13.0 Å². The number of halogens is 2. The molecule has 2 aromatic rings. The van der Waals surface area contributed by atoms with E-state index >= 15 is 0 Å². The highest BCUT2D eigenvalue weighted by Crippen LogP contribution is 2.30. The van der Waals surface area contributed by atoms with Crippen molar-refractivity contribution in [2.75, 3.05) is 0 Å². The summed E-state index contributed by atoms with van der Waals surface area (Å²) in [4.78, 5) is 11.3. The van der Waals surface area contributed by atoms with Crippen LogP contribution in [0.2, 0.25) is 10.0 Å². The summed E-state index contributed by atoms with van der Waals surface area (Å²) in [5.74, 6) is 0. The number of aromatic amines is 1. The number of H-pyrrole nitrogens is 1. The summed E-state index contributed by atoms with van der Waals surface area (Å²) < 4.78 is 1.40. The lowest BCUT2D eigenvalue weighted by Crippen LogP contribution is -2.09. The molecule has 0 aliphatic rings. The monoisotopic (exact) mass is 256 g/mol. The third-order valence-corrected chi connectivity index (χ3v) is 3.14. The second-order valence-electron chi connectivity index (χ2n) is 3.65. The lowest BCUT2D eigenvalue weighted by molar-refractivity contribution is 0.742. The van der Waals surface area contributed by atoms with Crippen LogP contribution in [-0.2, 0) is 7.05 Å². The number of nitrogens with one attached hydrogen (secondary N) is 1. The van der Waals surface area contributed by atoms with Gasteiger partial charge in [-0.25, -0.2) is 0 Å². The van der Waals surface area contributed by atoms with Crippen molar-refractivity contribution in [2.24, 2.45) is 7.05 Å². The fraction of sp³-hybridized carbons (Fsp3) is 0.182. The molecule has 0 atom stereocenters. The van der Waals surface area contributed by atoms with E-state index < -0.39 is 0 Å². The molecule has 0 bridgehead atoms. The number of hydrogen-bond donors (Lipinski definition) is 1. The molecule has 0 saturated carbocycles. The van der Waals surface area contributed by atoms with E-state index in [2.05, 4.69) is 5.10 Å². The Morgan fingerprint density at radius 1 is 1.19 bits per heavy atom. The molecule has 16 heavy (non-hydrogen) atoms. The first kappa shape index (κ1) is 11.3. The summed E-state index contributed by atoms with van der Waals surface area (Å²) in [6, 6.07) is 5.05. The summed E-state index contributed by atoms with van der Waals surface area (Å²) in [5.41, 5.74) is 2.29. The zero-order valence-corrected chi connectivity index (χ0v) is 10.4. The summed E-state index contributed by atoms with van der Waals surface area (Å²) in [7, 11) is 1.66. The van der Waals surface area contributed by atoms with Crippen LogP contribution >= 0.6 is 23.2 Å². The maximum Gasteiger partial charge on any atom is 0.266 e. The highest BCUT2D eigenvalue weighted by atomic mass is 35.5. The third kappa shape index (κ3) is 1.88. The molecule has 0 spiro atoms. The van der Waals surface area contributed by atoms with Gasteiger partial charge in [0.1, 0.15) is 0 Å². The molecular weight excluding hydrogens is 247 g/mol. The second-order valence-corrected chi connectivity index (χ2v) is 4.46. The van der Waals surface area contributed by atoms with Gasteiger partial charge in [-0.3, -0.25) is 14.6 Å². The van der Waals surface area contributed by atoms with Gasteiger partial charge >= 0.3 is 0 Å². The van der Waals surface area contributed by atoms with E-state index in [-0.39, 0.29) is 5.56 Å². The minimum atomic E-state index is -0.0985. The molecular formula is C11H10Cl2N2O. The molecule has 84 valence electrons. The summed E-state index contributed by atoms with van der Waals surface area (Å²) >= 11 is 12.0. The van der Waals surface area contributed by atoms with Gasteiger partial charge in [-0.05, 0) is 24.6 Å². The van der Waals surface area contributed by atoms with Crippen molar-refractivity contribution in [2.45, 2.75) is 6.92 Å². The summed E-state index contributed by atoms with van der Waals surface area (Å²) in [5, 5.41) is 4.07. The van der Waals surface area contributed by atoms with Crippen molar-refractivity contribution in [3.8, 4) is 11.3 Å². The molecule has 1 aromatic carbocycles. The van der Waals surface area contributed by atoms with Crippen molar-refractivity contribution in [1.29, 1.82) is 0 Å². The van der Waals surface area contributed by atoms with Crippen molar-refractivity contribution in [1.82, 2.24) is 9.78 Å². The molecule has 3 nitrogen and oxygen atoms in total. The summed E-state index contributed by atoms with van der Waals surface area (Å²) in [6.45, 7) is 1.89. The first-order valence-corrected chi connectivity index (χ1v) is 5.46. The molecule has 5 heteroatoms. The lowest BCUT2D eigenvalue weighted by atomic mass is 10.1. The fourth-order valence-electron chi connectivity index (χ4n) is 1.49. The minimum Gasteiger partial charge on any atom is -0.295 e. The van der Waals surface area contributed by atoms with Gasteiger partial charge in [-0.15, -0.1) is 0 Å². The molecule has 0 radical (unpaired) electrons. The van der Waals surface area contributed by atoms with E-state index in [0.717, 1.165) is 11.1 Å². The Hall–Kier alpha value is -1.19. The fourth-order valence-corrected chi connectivity index (χ4v) is 1.97. The van der Waals surface area contributed by atoms with Gasteiger partial charge in [-0.2, -0.15) is 0 Å². The van der Waals surface area contributed by atoms with Crippen LogP contribution in [-0.4, -0.2) is 9.78 Å². The standard InChI is InChI=1S/C11H10Cl2N2O/c1-6-3-7(9(13)4-8(6)12)10-5-11(16)15(2)14-10/h3-5,14H,1-2H3. The van der Waals surface area contributed by atoms with E-state index in [9.17, 15) is 4.79 Å². The number of benzene rings is 1. The van der Waals surface area contributed by atoms with Crippen molar-refractivity contribution >= 4 is 23.2 Å². The van der Waals surface area contributed by atoms with E-state index in [1.165, 1.54) is 10.7 Å². The predicted molar refractivity (Wildman–Crippen MR) is 66.2 cm³/mol. The molecule has 0 unspecified atom stereocenters. The summed E-state index contributed by atoms with van der Waals surface area (Å²) in [6.07, 6.45) is 0. The molecule has 1 aromatic heterocycles. The van der Waals surface area contributed by atoms with Gasteiger partial charge in [0.2, 0.25) is 0 Å². The first-order chi connectivity index (χ1) is 7.49. The zero-order valence-electron chi connectivity index (χ0n) is 8.84. The van der Waals surface area contributed by atoms with Crippen molar-refractivity contribution in [3.63, 3.8) is 0 Å². The topological polar surface area (TPSA) is 37.8 Å². The van der Waals surface area contributed by atoms with E-state index in [1.54, 1.807) is 13.1 Å². The Labute approximate surface area is 103 Å². The molecule has 1 heterocycles. The normalized spacial score (nSPS) is 10.8. The third-order valence-electron chi connectivity index (χ3n) is 2.43. The average molecular weight is 257 g/mol. The van der Waals surface area contributed by atoms with Crippen LogP contribution in [0.15, 0.2) is 23.0 Å². The van der Waals surface area contributed by atoms with Crippen LogP contribution < -0.4 is 5.56 Å². The second kappa shape index (κ2) is 4.00. The maximum absolute atomic E-state index is 11.3. The minimum absolute atomic E-state index is 0.0985. The van der Waals surface area contributed by atoms with Gasteiger partial charge in [0.15, 0.2) is 0 Å². The lowest BCUT2D eigenvalue weighted by Gasteiger charge is -2.05. The number of aryl methyl sites for hydroxylation is 2. The molecule has 0 aliphatic heterocycles. The Kier molecular flexibility index (Phi) is 2.82. The number of rotatable bonds is 1. The molecule has 0 fully saturated rings. The Morgan fingerprint density at radius 3 is 2.44 bits per heavy atom. The van der Waals surface area contributed by atoms with Gasteiger partial charge < -0.3 is 0 Å². The van der Waals surface area contributed by atoms with Crippen LogP contribution in [0.1, 0.15) is 5.56 Å². The molecule has 0 aliphatic carbocycles. The van der Waals surface area contributed by atoms with Crippen LogP contribution in [0.5, 0.6) is 0 Å². The largest absolute Gasteiger partial charge is 0.295 e. The maximum atomic E-state index is 11.3. The van der Waals surface area contributed by atoms with Gasteiger partial charge in [0.25, 0.3) is 5.56 Å². The SMILES string of the molecule is Cc1cc(-c2cc(=O)n(C)[nH]2)c(Cl)cc1Cl. The van der Waals surface area contributed by atoms with Crippen molar-refractivity contribution < 1.29 is 0 Å². The Morgan fingerprint density at radius 2 is 1.88 bits per heavy atom. The Balaban J connectivity index is 2.64. The van der Waals surface area contributed by atoms with Crippen LogP contribution in [0.25, 0.3) is 11.3 Å². The number of hydrogen-bond acceptors (Lipinski definition) is 1. The number of nitrogens with zero attached hydrogens (tertiary/aromatic N) is 1. The smallest absolute Gasteiger partial charge is 0.266 e. The Bertz CT molecular complexity index is 599. The highest BCUT2D eigenvalue weighted by Gasteiger charge is 2.09. The first-order valence-electron chi connectivity index (χ1n) is 4.71. The average Bonchev–Trinajstić information content (AvgIpc) is 2.53. The van der Waals surface area contributed by atoms with Gasteiger partial charge in [0, 0.05) is 23.7 Å². The van der Waals surface area contributed by atoms with Crippen LogP contribution in [0, 0.1) is 6.92 Å². The molecule has 0 saturated heterocycles. The quantitative estimate of drug-likeness (QED) is 0.837. The molecule has 0 amide bonds. The van der Waals surface area contributed by atoms with Crippen LogP contribution in [0.4, 0.5) is 0 Å². The number of aromatic nitrogens is 2. The van der Waals surface area contributed by atoms with Gasteiger partial charge in [-0.1, -0.05) is 23.2 Å². The predicted octanol–water partition coefficient (Wildman–Crippen LogP) is 3.00. The van der Waals surface area contributed by atoms with Crippen molar-refractivity contribution in [3.05, 3.63) is 44.2 Å². The highest BCUT2D eigenvalue weighted by molar-refractivity contribution is 6.36.